The van der Waals surface area contributed by atoms with Crippen molar-refractivity contribution in [3.63, 3.8) is 0 Å². The summed E-state index contributed by atoms with van der Waals surface area (Å²) in [5.41, 5.74) is 2.51. The molecule has 1 amide bonds. The lowest BCUT2D eigenvalue weighted by atomic mass is 10.1. The lowest BCUT2D eigenvalue weighted by Crippen LogP contribution is -2.28. The van der Waals surface area contributed by atoms with Crippen LogP contribution in [0.2, 0.25) is 5.02 Å². The van der Waals surface area contributed by atoms with Crippen LogP contribution >= 0.6 is 11.6 Å². The van der Waals surface area contributed by atoms with E-state index in [1.165, 1.54) is 0 Å². The van der Waals surface area contributed by atoms with Crippen molar-refractivity contribution in [2.75, 3.05) is 0 Å². The molecule has 2 aromatic carbocycles. The molecule has 0 radical (unpaired) electrons. The molecule has 7 heteroatoms. The molecule has 1 unspecified atom stereocenters. The molecular formula is C21H21ClN4O2. The Balaban J connectivity index is 1.62. The van der Waals surface area contributed by atoms with Crippen LogP contribution in [0.3, 0.4) is 0 Å². The number of nitrogens with zero attached hydrogens (tertiary/aromatic N) is 2. The fourth-order valence-electron chi connectivity index (χ4n) is 2.76. The Hall–Kier alpha value is -2.99. The number of aryl methyl sites for hydroxylation is 2. The van der Waals surface area contributed by atoms with Crippen LogP contribution in [0, 0.1) is 6.92 Å². The first kappa shape index (κ1) is 19.8. The van der Waals surface area contributed by atoms with Crippen molar-refractivity contribution >= 4 is 17.5 Å². The van der Waals surface area contributed by atoms with Crippen molar-refractivity contribution in [2.24, 2.45) is 0 Å². The molecule has 1 heterocycles. The molecule has 0 saturated carbocycles. The lowest BCUT2D eigenvalue weighted by Gasteiger charge is -2.14. The maximum Gasteiger partial charge on any atom is 0.273 e. The van der Waals surface area contributed by atoms with E-state index in [0.717, 1.165) is 11.1 Å². The second-order valence-corrected chi connectivity index (χ2v) is 7.02. The molecule has 6 nitrogen and oxygen atoms in total. The van der Waals surface area contributed by atoms with Crippen LogP contribution < -0.4 is 10.9 Å². The summed E-state index contributed by atoms with van der Waals surface area (Å²) in [5.74, 6) is 0.199. The minimum absolute atomic E-state index is 0.105. The third kappa shape index (κ3) is 4.84. The molecular weight excluding hydrogens is 376 g/mol. The van der Waals surface area contributed by atoms with Gasteiger partial charge >= 0.3 is 0 Å². The Morgan fingerprint density at radius 1 is 1.18 bits per heavy atom. The zero-order valence-corrected chi connectivity index (χ0v) is 16.5. The number of aromatic amines is 1. The van der Waals surface area contributed by atoms with Crippen molar-refractivity contribution in [3.8, 4) is 11.4 Å². The van der Waals surface area contributed by atoms with Gasteiger partial charge in [0.25, 0.3) is 5.56 Å². The minimum atomic E-state index is -0.356. The number of H-pyrrole nitrogens is 1. The van der Waals surface area contributed by atoms with Crippen LogP contribution in [0.15, 0.2) is 53.3 Å². The van der Waals surface area contributed by atoms with E-state index in [9.17, 15) is 9.59 Å². The summed E-state index contributed by atoms with van der Waals surface area (Å²) in [4.78, 5) is 27.2. The van der Waals surface area contributed by atoms with Crippen molar-refractivity contribution in [1.29, 1.82) is 0 Å². The average molecular weight is 397 g/mol. The Kier molecular flexibility index (Phi) is 6.21. The van der Waals surface area contributed by atoms with Gasteiger partial charge in [-0.2, -0.15) is 0 Å². The van der Waals surface area contributed by atoms with Gasteiger partial charge in [-0.3, -0.25) is 9.59 Å². The van der Waals surface area contributed by atoms with Gasteiger partial charge in [0.1, 0.15) is 5.69 Å². The van der Waals surface area contributed by atoms with E-state index in [4.69, 9.17) is 11.6 Å². The summed E-state index contributed by atoms with van der Waals surface area (Å²) >= 11 is 6.12. The van der Waals surface area contributed by atoms with Gasteiger partial charge in [0.05, 0.1) is 6.04 Å². The lowest BCUT2D eigenvalue weighted by molar-refractivity contribution is -0.121. The summed E-state index contributed by atoms with van der Waals surface area (Å²) in [6.45, 7) is 3.81. The molecule has 1 aromatic heterocycles. The van der Waals surface area contributed by atoms with Crippen molar-refractivity contribution in [2.45, 2.75) is 32.7 Å². The van der Waals surface area contributed by atoms with Crippen LogP contribution in [0.4, 0.5) is 0 Å². The summed E-state index contributed by atoms with van der Waals surface area (Å²) in [5, 5.41) is 11.6. The number of hydrogen-bond donors (Lipinski definition) is 2. The van der Waals surface area contributed by atoms with E-state index in [2.05, 4.69) is 20.5 Å². The van der Waals surface area contributed by atoms with E-state index in [1.54, 1.807) is 6.07 Å². The van der Waals surface area contributed by atoms with Crippen LogP contribution in [-0.2, 0) is 11.2 Å². The second kappa shape index (κ2) is 8.80. The van der Waals surface area contributed by atoms with E-state index in [-0.39, 0.29) is 36.0 Å². The largest absolute Gasteiger partial charge is 0.350 e. The minimum Gasteiger partial charge on any atom is -0.350 e. The zero-order chi connectivity index (χ0) is 20.1. The molecule has 0 fully saturated rings. The number of nitrogens with one attached hydrogen (secondary N) is 2. The van der Waals surface area contributed by atoms with E-state index in [1.807, 2.05) is 56.3 Å². The highest BCUT2D eigenvalue weighted by Gasteiger charge is 2.12. The highest BCUT2D eigenvalue weighted by molar-refractivity contribution is 6.31. The first-order chi connectivity index (χ1) is 13.4. The predicted octanol–water partition coefficient (Wildman–Crippen LogP) is 3.60. The van der Waals surface area contributed by atoms with Gasteiger partial charge in [0.2, 0.25) is 5.91 Å². The van der Waals surface area contributed by atoms with Crippen molar-refractivity contribution < 1.29 is 4.79 Å². The SMILES string of the molecule is Cc1ccc(-c2nnc(CCC(=O)NC(C)c3ccccc3)c(=O)[nH]2)cc1Cl. The number of aromatic nitrogens is 3. The third-order valence-corrected chi connectivity index (χ3v) is 4.88. The Labute approximate surface area is 168 Å². The van der Waals surface area contributed by atoms with Gasteiger partial charge in [0, 0.05) is 23.4 Å². The number of benzene rings is 2. The standard InChI is InChI=1S/C21H21ClN4O2/c1-13-8-9-16(12-17(13)22)20-24-21(28)18(25-26-20)10-11-19(27)23-14(2)15-6-4-3-5-7-15/h3-9,12,14H,10-11H2,1-2H3,(H,23,27)(H,24,26,28). The van der Waals surface area contributed by atoms with Crippen LogP contribution in [-0.4, -0.2) is 21.1 Å². The summed E-state index contributed by atoms with van der Waals surface area (Å²) in [6, 6.07) is 15.0. The van der Waals surface area contributed by atoms with Gasteiger partial charge in [0.15, 0.2) is 5.82 Å². The molecule has 2 N–H and O–H groups in total. The van der Waals surface area contributed by atoms with Crippen LogP contribution in [0.1, 0.15) is 36.2 Å². The van der Waals surface area contributed by atoms with Gasteiger partial charge in [-0.05, 0) is 31.0 Å². The van der Waals surface area contributed by atoms with Gasteiger partial charge in [-0.15, -0.1) is 10.2 Å². The number of carbonyl (C=O) groups is 1. The monoisotopic (exact) mass is 396 g/mol. The van der Waals surface area contributed by atoms with Gasteiger partial charge in [-0.25, -0.2) is 0 Å². The second-order valence-electron chi connectivity index (χ2n) is 6.61. The smallest absolute Gasteiger partial charge is 0.273 e. The Morgan fingerprint density at radius 2 is 1.93 bits per heavy atom. The zero-order valence-electron chi connectivity index (χ0n) is 15.7. The Bertz CT molecular complexity index is 1030. The average Bonchev–Trinajstić information content (AvgIpc) is 2.69. The molecule has 28 heavy (non-hydrogen) atoms. The van der Waals surface area contributed by atoms with Gasteiger partial charge in [-0.1, -0.05) is 54.1 Å². The molecule has 3 aromatic rings. The van der Waals surface area contributed by atoms with E-state index in [0.29, 0.717) is 16.4 Å². The summed E-state index contributed by atoms with van der Waals surface area (Å²) < 4.78 is 0. The topological polar surface area (TPSA) is 87.7 Å². The maximum atomic E-state index is 12.3. The third-order valence-electron chi connectivity index (χ3n) is 4.48. The first-order valence-corrected chi connectivity index (χ1v) is 9.38. The van der Waals surface area contributed by atoms with Crippen LogP contribution in [0.25, 0.3) is 11.4 Å². The fraction of sp³-hybridized carbons (Fsp3) is 0.238. The number of rotatable bonds is 6. The van der Waals surface area contributed by atoms with Crippen LogP contribution in [0.5, 0.6) is 0 Å². The van der Waals surface area contributed by atoms with Crippen molar-refractivity contribution in [3.05, 3.63) is 80.7 Å². The normalized spacial score (nSPS) is 11.8. The molecule has 1 atom stereocenters. The van der Waals surface area contributed by atoms with Crippen molar-refractivity contribution in [1.82, 2.24) is 20.5 Å². The maximum absolute atomic E-state index is 12.3. The number of amides is 1. The first-order valence-electron chi connectivity index (χ1n) is 9.00. The molecule has 144 valence electrons. The molecule has 0 aliphatic carbocycles. The summed E-state index contributed by atoms with van der Waals surface area (Å²) in [6.07, 6.45) is 0.370. The molecule has 0 aliphatic heterocycles. The molecule has 0 spiro atoms. The molecule has 0 aliphatic rings. The number of halogens is 1. The molecule has 0 saturated heterocycles. The highest BCUT2D eigenvalue weighted by Crippen LogP contribution is 2.21. The molecule has 3 rings (SSSR count). The fourth-order valence-corrected chi connectivity index (χ4v) is 2.95. The van der Waals surface area contributed by atoms with E-state index < -0.39 is 0 Å². The number of hydrogen-bond acceptors (Lipinski definition) is 4. The molecule has 0 bridgehead atoms. The number of carbonyl (C=O) groups excluding carboxylic acids is 1. The van der Waals surface area contributed by atoms with E-state index >= 15 is 0 Å². The predicted molar refractivity (Wildman–Crippen MR) is 109 cm³/mol. The summed E-state index contributed by atoms with van der Waals surface area (Å²) in [7, 11) is 0. The van der Waals surface area contributed by atoms with Gasteiger partial charge < -0.3 is 10.3 Å². The Morgan fingerprint density at radius 3 is 2.61 bits per heavy atom. The highest BCUT2D eigenvalue weighted by atomic mass is 35.5. The quantitative estimate of drug-likeness (QED) is 0.666.